The number of hydrogen-bond acceptors (Lipinski definition) is 1. The van der Waals surface area contributed by atoms with E-state index in [4.69, 9.17) is 23.2 Å². The monoisotopic (exact) mass is 337 g/mol. The highest BCUT2D eigenvalue weighted by molar-refractivity contribution is 6.42. The molecule has 5 rings (SSSR count). The zero-order chi connectivity index (χ0) is 15.3. The highest BCUT2D eigenvalue weighted by Crippen LogP contribution is 2.60. The molecule has 1 aromatic rings. The standard InChI is InChI=1S/C18H21Cl2NO/c19-15-2-1-11(6-16(15)20)10-21-17(22)18-7-12-3-13(8-18)5-14(4-12)9-18/h1-2,6,12-14H,3-5,7-10H2,(H,21,22). The maximum atomic E-state index is 12.9. The van der Waals surface area contributed by atoms with Gasteiger partial charge < -0.3 is 5.32 Å². The van der Waals surface area contributed by atoms with Crippen LogP contribution in [0.2, 0.25) is 10.0 Å². The number of carbonyl (C=O) groups is 1. The summed E-state index contributed by atoms with van der Waals surface area (Å²) < 4.78 is 0. The Labute approximate surface area is 141 Å². The van der Waals surface area contributed by atoms with E-state index in [-0.39, 0.29) is 11.3 Å². The quantitative estimate of drug-likeness (QED) is 0.841. The first-order valence-corrected chi connectivity index (χ1v) is 9.02. The van der Waals surface area contributed by atoms with E-state index in [1.807, 2.05) is 12.1 Å². The van der Waals surface area contributed by atoms with E-state index in [2.05, 4.69) is 5.32 Å². The summed E-state index contributed by atoms with van der Waals surface area (Å²) in [6, 6.07) is 5.55. The molecule has 4 heteroatoms. The zero-order valence-electron chi connectivity index (χ0n) is 12.6. The molecule has 4 aliphatic carbocycles. The first-order chi connectivity index (χ1) is 10.5. The Kier molecular flexibility index (Phi) is 3.65. The second-order valence-corrected chi connectivity index (χ2v) is 8.44. The Morgan fingerprint density at radius 2 is 1.64 bits per heavy atom. The summed E-state index contributed by atoms with van der Waals surface area (Å²) >= 11 is 12.0. The molecular formula is C18H21Cl2NO. The second kappa shape index (κ2) is 5.42. The molecule has 4 aliphatic rings. The molecule has 0 heterocycles. The summed E-state index contributed by atoms with van der Waals surface area (Å²) in [6.45, 7) is 0.539. The van der Waals surface area contributed by atoms with E-state index in [0.717, 1.165) is 42.6 Å². The van der Waals surface area contributed by atoms with E-state index in [1.165, 1.54) is 19.3 Å². The molecule has 22 heavy (non-hydrogen) atoms. The molecule has 1 aromatic carbocycles. The van der Waals surface area contributed by atoms with E-state index in [1.54, 1.807) is 6.07 Å². The molecule has 0 aliphatic heterocycles. The number of hydrogen-bond donors (Lipinski definition) is 1. The summed E-state index contributed by atoms with van der Waals surface area (Å²) in [6.07, 6.45) is 7.39. The van der Waals surface area contributed by atoms with E-state index in [0.29, 0.717) is 16.6 Å². The molecule has 0 atom stereocenters. The van der Waals surface area contributed by atoms with Gasteiger partial charge in [0, 0.05) is 12.0 Å². The molecule has 0 aromatic heterocycles. The number of rotatable bonds is 3. The minimum atomic E-state index is -0.0784. The molecule has 1 amide bonds. The fraction of sp³-hybridized carbons (Fsp3) is 0.611. The summed E-state index contributed by atoms with van der Waals surface area (Å²) in [5.74, 6) is 2.64. The first kappa shape index (κ1) is 14.8. The van der Waals surface area contributed by atoms with Crippen molar-refractivity contribution in [1.82, 2.24) is 5.32 Å². The van der Waals surface area contributed by atoms with Crippen molar-refractivity contribution < 1.29 is 4.79 Å². The smallest absolute Gasteiger partial charge is 0.226 e. The van der Waals surface area contributed by atoms with Gasteiger partial charge in [-0.15, -0.1) is 0 Å². The van der Waals surface area contributed by atoms with Crippen molar-refractivity contribution in [1.29, 1.82) is 0 Å². The number of halogens is 2. The van der Waals surface area contributed by atoms with Crippen molar-refractivity contribution >= 4 is 29.1 Å². The highest BCUT2D eigenvalue weighted by atomic mass is 35.5. The largest absolute Gasteiger partial charge is 0.352 e. The lowest BCUT2D eigenvalue weighted by Gasteiger charge is -2.55. The van der Waals surface area contributed by atoms with Gasteiger partial charge in [0.15, 0.2) is 0 Å². The molecule has 4 bridgehead atoms. The average molecular weight is 338 g/mol. The van der Waals surface area contributed by atoms with E-state index in [9.17, 15) is 4.79 Å². The van der Waals surface area contributed by atoms with Gasteiger partial charge in [0.1, 0.15) is 0 Å². The van der Waals surface area contributed by atoms with Crippen molar-refractivity contribution in [3.63, 3.8) is 0 Å². The number of amides is 1. The Balaban J connectivity index is 1.45. The minimum Gasteiger partial charge on any atom is -0.352 e. The van der Waals surface area contributed by atoms with Crippen LogP contribution in [-0.4, -0.2) is 5.91 Å². The maximum absolute atomic E-state index is 12.9. The van der Waals surface area contributed by atoms with Crippen molar-refractivity contribution in [2.45, 2.75) is 45.1 Å². The normalized spacial score (nSPS) is 35.6. The molecule has 4 fully saturated rings. The van der Waals surface area contributed by atoms with Crippen LogP contribution in [0.1, 0.15) is 44.1 Å². The average Bonchev–Trinajstić information content (AvgIpc) is 2.46. The summed E-state index contributed by atoms with van der Waals surface area (Å²) in [5, 5.41) is 4.26. The molecule has 2 nitrogen and oxygen atoms in total. The van der Waals surface area contributed by atoms with Crippen LogP contribution in [0.15, 0.2) is 18.2 Å². The summed E-state index contributed by atoms with van der Waals surface area (Å²) in [5.41, 5.74) is 0.929. The predicted octanol–water partition coefficient (Wildman–Crippen LogP) is 4.83. The second-order valence-electron chi connectivity index (χ2n) is 7.63. The van der Waals surface area contributed by atoms with Crippen LogP contribution in [0, 0.1) is 23.2 Å². The number of benzene rings is 1. The molecule has 4 saturated carbocycles. The van der Waals surface area contributed by atoms with Crippen molar-refractivity contribution in [2.24, 2.45) is 23.2 Å². The van der Waals surface area contributed by atoms with Gasteiger partial charge in [0.2, 0.25) is 5.91 Å². The summed E-state index contributed by atoms with van der Waals surface area (Å²) in [7, 11) is 0. The van der Waals surface area contributed by atoms with Gasteiger partial charge in [-0.2, -0.15) is 0 Å². The third kappa shape index (κ3) is 2.55. The molecule has 0 saturated heterocycles. The van der Waals surface area contributed by atoms with Gasteiger partial charge in [-0.1, -0.05) is 29.3 Å². The van der Waals surface area contributed by atoms with Gasteiger partial charge in [-0.3, -0.25) is 4.79 Å². The maximum Gasteiger partial charge on any atom is 0.226 e. The summed E-state index contributed by atoms with van der Waals surface area (Å²) in [4.78, 5) is 12.9. The molecule has 1 N–H and O–H groups in total. The SMILES string of the molecule is O=C(NCc1ccc(Cl)c(Cl)c1)C12CC3CC(CC(C3)C1)C2. The van der Waals surface area contributed by atoms with Crippen LogP contribution in [0.25, 0.3) is 0 Å². The van der Waals surface area contributed by atoms with Crippen molar-refractivity contribution in [3.05, 3.63) is 33.8 Å². The predicted molar refractivity (Wildman–Crippen MR) is 88.9 cm³/mol. The minimum absolute atomic E-state index is 0.0784. The van der Waals surface area contributed by atoms with Crippen LogP contribution in [-0.2, 0) is 11.3 Å². The Hall–Kier alpha value is -0.730. The lowest BCUT2D eigenvalue weighted by molar-refractivity contribution is -0.146. The van der Waals surface area contributed by atoms with Crippen LogP contribution in [0.4, 0.5) is 0 Å². The molecular weight excluding hydrogens is 317 g/mol. The van der Waals surface area contributed by atoms with Gasteiger partial charge in [-0.05, 0) is 74.0 Å². The van der Waals surface area contributed by atoms with Crippen molar-refractivity contribution in [3.8, 4) is 0 Å². The molecule has 118 valence electrons. The number of carbonyl (C=O) groups excluding carboxylic acids is 1. The lowest BCUT2D eigenvalue weighted by atomic mass is 9.49. The van der Waals surface area contributed by atoms with Crippen LogP contribution >= 0.6 is 23.2 Å². The van der Waals surface area contributed by atoms with Crippen molar-refractivity contribution in [2.75, 3.05) is 0 Å². The fourth-order valence-corrected chi connectivity index (χ4v) is 5.73. The number of nitrogens with one attached hydrogen (secondary N) is 1. The van der Waals surface area contributed by atoms with E-state index < -0.39 is 0 Å². The molecule has 0 unspecified atom stereocenters. The van der Waals surface area contributed by atoms with Gasteiger partial charge in [0.05, 0.1) is 10.0 Å². The topological polar surface area (TPSA) is 29.1 Å². The van der Waals surface area contributed by atoms with Crippen LogP contribution in [0.5, 0.6) is 0 Å². The molecule has 0 radical (unpaired) electrons. The van der Waals surface area contributed by atoms with Gasteiger partial charge in [-0.25, -0.2) is 0 Å². The Bertz CT molecular complexity index is 578. The molecule has 0 spiro atoms. The third-order valence-corrected chi connectivity index (χ3v) is 6.70. The van der Waals surface area contributed by atoms with Crippen LogP contribution < -0.4 is 5.32 Å². The highest BCUT2D eigenvalue weighted by Gasteiger charge is 2.54. The Morgan fingerprint density at radius 3 is 2.18 bits per heavy atom. The first-order valence-electron chi connectivity index (χ1n) is 8.26. The van der Waals surface area contributed by atoms with E-state index >= 15 is 0 Å². The zero-order valence-corrected chi connectivity index (χ0v) is 14.1. The third-order valence-electron chi connectivity index (χ3n) is 5.96. The lowest BCUT2D eigenvalue weighted by Crippen LogP contribution is -2.53. The van der Waals surface area contributed by atoms with Crippen LogP contribution in [0.3, 0.4) is 0 Å². The fourth-order valence-electron chi connectivity index (χ4n) is 5.41. The van der Waals surface area contributed by atoms with Gasteiger partial charge >= 0.3 is 0 Å². The Morgan fingerprint density at radius 1 is 1.05 bits per heavy atom. The van der Waals surface area contributed by atoms with Gasteiger partial charge in [0.25, 0.3) is 0 Å².